The van der Waals surface area contributed by atoms with E-state index in [1.165, 1.54) is 12.3 Å². The number of carboxylic acid groups (broad SMARTS) is 1. The molecular formula is C18H20BN3O5. The fourth-order valence-electron chi connectivity index (χ4n) is 3.22. The van der Waals surface area contributed by atoms with Gasteiger partial charge in [0.25, 0.3) is 0 Å². The number of para-hydroxylation sites is 1. The number of nitrogens with zero attached hydrogens (tertiary/aromatic N) is 1. The van der Waals surface area contributed by atoms with Gasteiger partial charge >= 0.3 is 13.1 Å². The zero-order valence-electron chi connectivity index (χ0n) is 14.6. The number of rotatable bonds is 6. The summed E-state index contributed by atoms with van der Waals surface area (Å²) in [6.45, 7) is 0.529. The highest BCUT2D eigenvalue weighted by Crippen LogP contribution is 2.36. The first kappa shape index (κ1) is 19.0. The van der Waals surface area contributed by atoms with Crippen molar-refractivity contribution in [2.45, 2.75) is 31.7 Å². The van der Waals surface area contributed by atoms with Gasteiger partial charge < -0.3 is 26.3 Å². The van der Waals surface area contributed by atoms with Crippen LogP contribution in [0.3, 0.4) is 0 Å². The standard InChI is InChI=1S/C18H20BN3O5/c20-7-11-5-15(22-9-12(11)8-21)16(23)6-13-4-10-2-1-3-14(18(24)25)17(10)27-19(13)26/h1-3,5,9,13,26H,4,6-8,20-21H2,(H,24,25)/t13-/m1/s1. The van der Waals surface area contributed by atoms with Gasteiger partial charge in [-0.05, 0) is 35.2 Å². The number of aromatic carboxylic acids is 1. The van der Waals surface area contributed by atoms with Crippen LogP contribution in [0.1, 0.15) is 44.0 Å². The molecule has 6 N–H and O–H groups in total. The Labute approximate surface area is 156 Å². The number of carbonyl (C=O) groups is 2. The molecule has 0 radical (unpaired) electrons. The number of carboxylic acids is 1. The molecule has 0 bridgehead atoms. The molecule has 27 heavy (non-hydrogen) atoms. The van der Waals surface area contributed by atoms with E-state index in [0.29, 0.717) is 12.0 Å². The Kier molecular flexibility index (Phi) is 5.55. The Balaban J connectivity index is 1.79. The third-order valence-corrected chi connectivity index (χ3v) is 4.71. The second kappa shape index (κ2) is 7.87. The van der Waals surface area contributed by atoms with E-state index in [9.17, 15) is 19.7 Å². The SMILES string of the molecule is NCc1cnc(C(=O)C[C@H]2Cc3cccc(C(=O)O)c3OB2O)cc1CN. The number of ketones is 1. The van der Waals surface area contributed by atoms with Crippen LogP contribution in [0, 0.1) is 0 Å². The van der Waals surface area contributed by atoms with Crippen molar-refractivity contribution in [3.8, 4) is 5.75 Å². The molecule has 0 spiro atoms. The topological polar surface area (TPSA) is 149 Å². The maximum absolute atomic E-state index is 12.6. The summed E-state index contributed by atoms with van der Waals surface area (Å²) >= 11 is 0. The van der Waals surface area contributed by atoms with E-state index in [0.717, 1.165) is 11.1 Å². The molecule has 9 heteroatoms. The Morgan fingerprint density at radius 2 is 2.00 bits per heavy atom. The molecule has 2 aromatic rings. The van der Waals surface area contributed by atoms with E-state index in [4.69, 9.17) is 16.1 Å². The van der Waals surface area contributed by atoms with Crippen LogP contribution < -0.4 is 16.1 Å². The van der Waals surface area contributed by atoms with Gasteiger partial charge in [-0.3, -0.25) is 9.78 Å². The van der Waals surface area contributed by atoms with Crippen molar-refractivity contribution in [3.05, 3.63) is 58.4 Å². The normalized spacial score (nSPS) is 15.8. The lowest BCUT2D eigenvalue weighted by atomic mass is 9.64. The number of carbonyl (C=O) groups excluding carboxylic acids is 1. The van der Waals surface area contributed by atoms with Crippen LogP contribution in [0.4, 0.5) is 0 Å². The molecule has 2 heterocycles. The van der Waals surface area contributed by atoms with Gasteiger partial charge in [0.05, 0.1) is 5.56 Å². The number of aromatic nitrogens is 1. The average molecular weight is 369 g/mol. The van der Waals surface area contributed by atoms with Crippen molar-refractivity contribution in [1.29, 1.82) is 0 Å². The molecule has 8 nitrogen and oxygen atoms in total. The summed E-state index contributed by atoms with van der Waals surface area (Å²) in [5.41, 5.74) is 13.7. The summed E-state index contributed by atoms with van der Waals surface area (Å²) in [7, 11) is -1.28. The number of hydrogen-bond donors (Lipinski definition) is 4. The molecule has 0 unspecified atom stereocenters. The highest BCUT2D eigenvalue weighted by atomic mass is 16.5. The fraction of sp³-hybridized carbons (Fsp3) is 0.278. The van der Waals surface area contributed by atoms with Gasteiger partial charge in [0.1, 0.15) is 11.4 Å². The van der Waals surface area contributed by atoms with Crippen molar-refractivity contribution < 1.29 is 24.4 Å². The molecule has 1 aliphatic heterocycles. The summed E-state index contributed by atoms with van der Waals surface area (Å²) in [4.78, 5) is 28.1. The van der Waals surface area contributed by atoms with Crippen molar-refractivity contribution >= 4 is 18.9 Å². The summed E-state index contributed by atoms with van der Waals surface area (Å²) in [5.74, 6) is -1.74. The molecule has 140 valence electrons. The number of fused-ring (bicyclic) bond motifs is 1. The Bertz CT molecular complexity index is 889. The second-order valence-corrected chi connectivity index (χ2v) is 6.45. The van der Waals surface area contributed by atoms with Crippen LogP contribution in [0.2, 0.25) is 5.82 Å². The number of nitrogens with two attached hydrogens (primary N) is 2. The van der Waals surface area contributed by atoms with Gasteiger partial charge in [-0.25, -0.2) is 4.79 Å². The third kappa shape index (κ3) is 3.85. The van der Waals surface area contributed by atoms with E-state index < -0.39 is 18.9 Å². The maximum Gasteiger partial charge on any atom is 0.526 e. The summed E-state index contributed by atoms with van der Waals surface area (Å²) in [6.07, 6.45) is 1.88. The van der Waals surface area contributed by atoms with Crippen molar-refractivity contribution in [2.24, 2.45) is 11.5 Å². The molecule has 1 aromatic carbocycles. The molecule has 1 aromatic heterocycles. The van der Waals surface area contributed by atoms with E-state index in [-0.39, 0.29) is 42.3 Å². The average Bonchev–Trinajstić information content (AvgIpc) is 2.67. The second-order valence-electron chi connectivity index (χ2n) is 6.45. The summed E-state index contributed by atoms with van der Waals surface area (Å²) < 4.78 is 5.42. The molecule has 0 amide bonds. The Morgan fingerprint density at radius 1 is 1.26 bits per heavy atom. The van der Waals surface area contributed by atoms with Crippen molar-refractivity contribution in [2.75, 3.05) is 0 Å². The molecule has 1 aliphatic rings. The van der Waals surface area contributed by atoms with Gasteiger partial charge in [-0.1, -0.05) is 12.1 Å². The summed E-state index contributed by atoms with van der Waals surface area (Å²) in [5, 5.41) is 19.5. The number of hydrogen-bond acceptors (Lipinski definition) is 7. The first-order chi connectivity index (χ1) is 12.9. The van der Waals surface area contributed by atoms with Crippen molar-refractivity contribution in [1.82, 2.24) is 4.98 Å². The largest absolute Gasteiger partial charge is 0.535 e. The Hall–Kier alpha value is -2.75. The number of benzene rings is 1. The lowest BCUT2D eigenvalue weighted by Crippen LogP contribution is -2.36. The highest BCUT2D eigenvalue weighted by molar-refractivity contribution is 6.47. The van der Waals surface area contributed by atoms with Gasteiger partial charge in [0, 0.05) is 31.5 Å². The van der Waals surface area contributed by atoms with Gasteiger partial charge in [-0.15, -0.1) is 0 Å². The quantitative estimate of drug-likeness (QED) is 0.431. The zero-order chi connectivity index (χ0) is 19.6. The van der Waals surface area contributed by atoms with Crippen LogP contribution in [0.15, 0.2) is 30.5 Å². The highest BCUT2D eigenvalue weighted by Gasteiger charge is 2.38. The third-order valence-electron chi connectivity index (χ3n) is 4.71. The zero-order valence-corrected chi connectivity index (χ0v) is 14.6. The van der Waals surface area contributed by atoms with Crippen LogP contribution >= 0.6 is 0 Å². The molecule has 0 aliphatic carbocycles. The van der Waals surface area contributed by atoms with Gasteiger partial charge in [0.2, 0.25) is 0 Å². The smallest absolute Gasteiger partial charge is 0.526 e. The minimum absolute atomic E-state index is 0.0108. The van der Waals surface area contributed by atoms with Gasteiger partial charge in [-0.2, -0.15) is 0 Å². The summed E-state index contributed by atoms with van der Waals surface area (Å²) in [6, 6.07) is 6.38. The molecule has 0 saturated carbocycles. The van der Waals surface area contributed by atoms with E-state index in [1.54, 1.807) is 18.2 Å². The lowest BCUT2D eigenvalue weighted by Gasteiger charge is -2.27. The monoisotopic (exact) mass is 369 g/mol. The fourth-order valence-corrected chi connectivity index (χ4v) is 3.22. The van der Waals surface area contributed by atoms with Crippen molar-refractivity contribution in [3.63, 3.8) is 0 Å². The first-order valence-corrected chi connectivity index (χ1v) is 8.55. The van der Waals surface area contributed by atoms with E-state index in [2.05, 4.69) is 4.98 Å². The number of pyridine rings is 1. The van der Waals surface area contributed by atoms with E-state index in [1.807, 2.05) is 0 Å². The first-order valence-electron chi connectivity index (χ1n) is 8.55. The van der Waals surface area contributed by atoms with Crippen LogP contribution in [-0.4, -0.2) is 34.0 Å². The lowest BCUT2D eigenvalue weighted by molar-refractivity contribution is 0.0693. The van der Waals surface area contributed by atoms with E-state index >= 15 is 0 Å². The minimum atomic E-state index is -1.28. The Morgan fingerprint density at radius 3 is 2.67 bits per heavy atom. The van der Waals surface area contributed by atoms with Crippen LogP contribution in [0.5, 0.6) is 5.75 Å². The van der Waals surface area contributed by atoms with Crippen LogP contribution in [-0.2, 0) is 19.5 Å². The molecule has 1 atom stereocenters. The minimum Gasteiger partial charge on any atom is -0.535 e. The molecule has 0 saturated heterocycles. The number of Topliss-reactive ketones (excluding diaryl/α,β-unsaturated/α-hetero) is 1. The predicted molar refractivity (Wildman–Crippen MR) is 98.4 cm³/mol. The molecule has 0 fully saturated rings. The van der Waals surface area contributed by atoms with Gasteiger partial charge in [0.15, 0.2) is 5.78 Å². The maximum atomic E-state index is 12.6. The predicted octanol–water partition coefficient (Wildman–Crippen LogP) is 0.756. The molecule has 3 rings (SSSR count). The van der Waals surface area contributed by atoms with Crippen LogP contribution in [0.25, 0.3) is 0 Å². The molecular weight excluding hydrogens is 349 g/mol.